The van der Waals surface area contributed by atoms with Gasteiger partial charge in [-0.3, -0.25) is 4.90 Å². The highest BCUT2D eigenvalue weighted by atomic mass is 35.5. The third kappa shape index (κ3) is 5.84. The van der Waals surface area contributed by atoms with E-state index in [0.717, 1.165) is 18.7 Å². The van der Waals surface area contributed by atoms with Gasteiger partial charge in [-0.1, -0.05) is 23.2 Å². The molecule has 5 rings (SSSR count). The Morgan fingerprint density at radius 3 is 2.59 bits per heavy atom. The Balaban J connectivity index is 1.38. The molecule has 0 aliphatic carbocycles. The fourth-order valence-electron chi connectivity index (χ4n) is 3.94. The molecule has 3 aromatic heterocycles. The number of benzene rings is 1. The molecule has 11 nitrogen and oxygen atoms in total. The molecule has 37 heavy (non-hydrogen) atoms. The van der Waals surface area contributed by atoms with Crippen molar-refractivity contribution in [2.45, 2.75) is 6.54 Å². The van der Waals surface area contributed by atoms with Crippen LogP contribution in [0.5, 0.6) is 0 Å². The maximum absolute atomic E-state index is 9.02. The van der Waals surface area contributed by atoms with Crippen molar-refractivity contribution in [1.29, 1.82) is 5.26 Å². The Bertz CT molecular complexity index is 1460. The van der Waals surface area contributed by atoms with Crippen LogP contribution in [0.15, 0.2) is 36.4 Å². The summed E-state index contributed by atoms with van der Waals surface area (Å²) in [5.74, 6) is 1.98. The van der Waals surface area contributed by atoms with Gasteiger partial charge in [0.05, 0.1) is 36.0 Å². The number of nitrogen functional groups attached to an aromatic ring is 1. The zero-order valence-corrected chi connectivity index (χ0v) is 21.3. The third-order valence-electron chi connectivity index (χ3n) is 5.80. The Morgan fingerprint density at radius 2 is 1.84 bits per heavy atom. The lowest BCUT2D eigenvalue weighted by atomic mass is 10.1. The summed E-state index contributed by atoms with van der Waals surface area (Å²) < 4.78 is 7.14. The number of nitrogens with one attached hydrogen (secondary N) is 2. The zero-order valence-electron chi connectivity index (χ0n) is 19.8. The van der Waals surface area contributed by atoms with E-state index in [-0.39, 0.29) is 5.82 Å². The minimum atomic E-state index is 0.187. The van der Waals surface area contributed by atoms with E-state index in [9.17, 15) is 0 Å². The van der Waals surface area contributed by atoms with Crippen molar-refractivity contribution in [3.63, 3.8) is 0 Å². The van der Waals surface area contributed by atoms with E-state index in [1.54, 1.807) is 28.8 Å². The van der Waals surface area contributed by atoms with E-state index < -0.39 is 0 Å². The molecule has 1 aromatic carbocycles. The monoisotopic (exact) mass is 538 g/mol. The second kappa shape index (κ2) is 11.1. The molecule has 1 aliphatic rings. The summed E-state index contributed by atoms with van der Waals surface area (Å²) in [6.45, 7) is 4.72. The Kier molecular flexibility index (Phi) is 7.52. The molecular formula is C24H24Cl2N10O. The van der Waals surface area contributed by atoms with E-state index >= 15 is 0 Å². The molecule has 1 fully saturated rings. The minimum absolute atomic E-state index is 0.187. The van der Waals surface area contributed by atoms with Crippen LogP contribution in [0, 0.1) is 11.3 Å². The maximum Gasteiger partial charge on any atom is 0.226 e. The van der Waals surface area contributed by atoms with E-state index in [1.807, 2.05) is 18.2 Å². The highest BCUT2D eigenvalue weighted by Crippen LogP contribution is 2.30. The number of fused-ring (bicyclic) bond motifs is 1. The molecule has 4 aromatic rings. The molecule has 0 radical (unpaired) electrons. The first-order valence-electron chi connectivity index (χ1n) is 11.7. The average Bonchev–Trinajstić information content (AvgIpc) is 3.29. The predicted octanol–water partition coefficient (Wildman–Crippen LogP) is 3.30. The van der Waals surface area contributed by atoms with Gasteiger partial charge in [-0.2, -0.15) is 9.78 Å². The molecule has 1 aliphatic heterocycles. The number of nitriles is 1. The van der Waals surface area contributed by atoms with Crippen molar-refractivity contribution in [3.8, 4) is 17.3 Å². The number of morpholine rings is 1. The van der Waals surface area contributed by atoms with E-state index in [0.29, 0.717) is 77.4 Å². The molecule has 4 heterocycles. The first-order chi connectivity index (χ1) is 18.0. The van der Waals surface area contributed by atoms with Crippen LogP contribution < -0.4 is 16.4 Å². The lowest BCUT2D eigenvalue weighted by molar-refractivity contribution is 0.0331. The molecule has 0 saturated carbocycles. The Morgan fingerprint density at radius 1 is 1.03 bits per heavy atom. The van der Waals surface area contributed by atoms with Crippen LogP contribution >= 0.6 is 23.2 Å². The van der Waals surface area contributed by atoms with Crippen LogP contribution in [-0.4, -0.2) is 68.9 Å². The lowest BCUT2D eigenvalue weighted by Crippen LogP contribution is -2.35. The summed E-state index contributed by atoms with van der Waals surface area (Å²) in [6, 6.07) is 12.5. The largest absolute Gasteiger partial charge is 0.383 e. The molecule has 4 N–H and O–H groups in total. The molecular weight excluding hydrogens is 515 g/mol. The number of hydrogen-bond acceptors (Lipinski definition) is 10. The zero-order chi connectivity index (χ0) is 25.8. The number of ether oxygens (including phenoxy) is 1. The van der Waals surface area contributed by atoms with Gasteiger partial charge < -0.3 is 21.1 Å². The fraction of sp³-hybridized carbons (Fsp3) is 0.292. The summed E-state index contributed by atoms with van der Waals surface area (Å²) >= 11 is 12.6. The van der Waals surface area contributed by atoms with Gasteiger partial charge in [0.15, 0.2) is 11.5 Å². The standard InChI is InChI=1S/C24H24Cl2N10O/c25-16-2-3-17(18(26)11-16)19-12-22-32-21(14-35-7-9-37-10-8-35)34-36(22)24(31-19)30-6-5-29-20-4-1-15(13-27)23(28)33-20/h1-4,11-12H,5-10,14H2,(H,30,31)(H3,28,29,33). The SMILES string of the molecule is N#Cc1ccc(NCCNc2nc(-c3ccc(Cl)cc3Cl)cc3nc(CN4CCOCC4)nn23)nc1N. The molecule has 0 unspecified atom stereocenters. The van der Waals surface area contributed by atoms with Gasteiger partial charge in [0.1, 0.15) is 17.7 Å². The van der Waals surface area contributed by atoms with Crippen LogP contribution in [0.4, 0.5) is 17.6 Å². The van der Waals surface area contributed by atoms with Crippen molar-refractivity contribution in [3.05, 3.63) is 57.8 Å². The normalized spacial score (nSPS) is 14.0. The third-order valence-corrected chi connectivity index (χ3v) is 6.35. The lowest BCUT2D eigenvalue weighted by Gasteiger charge is -2.25. The fourth-order valence-corrected chi connectivity index (χ4v) is 4.45. The average molecular weight is 539 g/mol. The van der Waals surface area contributed by atoms with Crippen LogP contribution in [0.25, 0.3) is 16.9 Å². The van der Waals surface area contributed by atoms with E-state index in [4.69, 9.17) is 54.0 Å². The molecule has 190 valence electrons. The number of anilines is 3. The van der Waals surface area contributed by atoms with Crippen LogP contribution in [-0.2, 0) is 11.3 Å². The summed E-state index contributed by atoms with van der Waals surface area (Å²) in [6.07, 6.45) is 0. The summed E-state index contributed by atoms with van der Waals surface area (Å²) in [5.41, 5.74) is 8.18. The molecule has 0 amide bonds. The van der Waals surface area contributed by atoms with Crippen molar-refractivity contribution < 1.29 is 4.74 Å². The minimum Gasteiger partial charge on any atom is -0.383 e. The number of nitrogens with two attached hydrogens (primary N) is 1. The molecule has 13 heteroatoms. The van der Waals surface area contributed by atoms with Crippen molar-refractivity contribution >= 4 is 46.4 Å². The first kappa shape index (κ1) is 25.0. The Labute approximate surface area is 223 Å². The highest BCUT2D eigenvalue weighted by molar-refractivity contribution is 6.36. The van der Waals surface area contributed by atoms with Crippen LogP contribution in [0.2, 0.25) is 10.0 Å². The van der Waals surface area contributed by atoms with Gasteiger partial charge in [0.25, 0.3) is 0 Å². The van der Waals surface area contributed by atoms with Gasteiger partial charge in [-0.15, -0.1) is 5.10 Å². The number of nitrogens with zero attached hydrogens (tertiary/aromatic N) is 7. The smallest absolute Gasteiger partial charge is 0.226 e. The first-order valence-corrected chi connectivity index (χ1v) is 12.4. The maximum atomic E-state index is 9.02. The van der Waals surface area contributed by atoms with Gasteiger partial charge in [-0.05, 0) is 30.3 Å². The van der Waals surface area contributed by atoms with Gasteiger partial charge >= 0.3 is 0 Å². The van der Waals surface area contributed by atoms with Gasteiger partial charge in [-0.25, -0.2) is 15.0 Å². The van der Waals surface area contributed by atoms with Crippen LogP contribution in [0.3, 0.4) is 0 Å². The summed E-state index contributed by atoms with van der Waals surface area (Å²) in [7, 11) is 0. The Hall–Kier alpha value is -3.69. The molecule has 0 atom stereocenters. The van der Waals surface area contributed by atoms with Gasteiger partial charge in [0, 0.05) is 42.8 Å². The summed E-state index contributed by atoms with van der Waals surface area (Å²) in [4.78, 5) is 16.0. The predicted molar refractivity (Wildman–Crippen MR) is 143 cm³/mol. The number of hydrogen-bond donors (Lipinski definition) is 3. The number of rotatable bonds is 8. The highest BCUT2D eigenvalue weighted by Gasteiger charge is 2.17. The second-order valence-electron chi connectivity index (χ2n) is 8.37. The number of aromatic nitrogens is 5. The quantitative estimate of drug-likeness (QED) is 0.286. The molecule has 0 bridgehead atoms. The van der Waals surface area contributed by atoms with Gasteiger partial charge in [0.2, 0.25) is 5.95 Å². The number of pyridine rings is 1. The van der Waals surface area contributed by atoms with Crippen molar-refractivity contribution in [1.82, 2.24) is 29.5 Å². The van der Waals surface area contributed by atoms with Crippen molar-refractivity contribution in [2.75, 3.05) is 55.8 Å². The number of halogens is 2. The van der Waals surface area contributed by atoms with Crippen molar-refractivity contribution in [2.24, 2.45) is 0 Å². The topological polar surface area (TPSA) is 142 Å². The van der Waals surface area contributed by atoms with E-state index in [2.05, 4.69) is 20.5 Å². The molecule has 1 saturated heterocycles. The molecule has 0 spiro atoms. The van der Waals surface area contributed by atoms with E-state index in [1.165, 1.54) is 0 Å². The van der Waals surface area contributed by atoms with Crippen LogP contribution in [0.1, 0.15) is 11.4 Å². The summed E-state index contributed by atoms with van der Waals surface area (Å²) in [5, 5.41) is 21.3. The second-order valence-corrected chi connectivity index (χ2v) is 9.21.